The van der Waals surface area contributed by atoms with Crippen LogP contribution in [-0.4, -0.2) is 145 Å². The lowest BCUT2D eigenvalue weighted by atomic mass is 10.0. The molecule has 7 unspecified atom stereocenters. The minimum Gasteiger partial charge on any atom is -0.370 e. The maximum atomic E-state index is 14.6. The largest absolute Gasteiger partial charge is 0.370 e. The second-order valence-electron chi connectivity index (χ2n) is 17.6. The lowest BCUT2D eigenvalue weighted by Crippen LogP contribution is -2.68. The van der Waals surface area contributed by atoms with Crippen LogP contribution in [0.15, 0.2) is 78.3 Å². The summed E-state index contributed by atoms with van der Waals surface area (Å²) in [6, 6.07) is 5.99. The molecule has 5 rings (SSSR count). The van der Waals surface area contributed by atoms with Gasteiger partial charge in [-0.15, -0.1) is 0 Å². The van der Waals surface area contributed by atoms with Crippen LogP contribution < -0.4 is 54.4 Å². The molecule has 0 saturated carbocycles. The molecule has 1 aliphatic rings. The highest BCUT2D eigenvalue weighted by atomic mass is 32.1. The number of nitrogens with zero attached hydrogens (tertiary/aromatic N) is 3. The number of hydrogen-bond acceptors (Lipinski definition) is 13. The number of rotatable bonds is 26. The van der Waals surface area contributed by atoms with Crippen molar-refractivity contribution in [3.8, 4) is 0 Å². The van der Waals surface area contributed by atoms with Crippen LogP contribution in [0.5, 0.6) is 0 Å². The SMILES string of the molecule is CC(NC(=O)C(CS)N1C(=O)NC(C)(C)C1=O)C(=O)NC(Cc1cnc[nH]1)C(=O)NC(Cc1ccccc1)C(=O)NC(CCCN=C(N)N)C(=O)NC(Cc1c[nH]c2ccccc12)C(=O)NC(CS)C([NH3+])=O. The van der Waals surface area contributed by atoms with Gasteiger partial charge in [-0.05, 0) is 50.8 Å². The molecule has 2 aromatic carbocycles. The number of quaternary nitrogens is 1. The third-order valence-electron chi connectivity index (χ3n) is 11.7. The maximum Gasteiger partial charge on any atom is 0.332 e. The monoisotopic (exact) mass is 1030 g/mol. The summed E-state index contributed by atoms with van der Waals surface area (Å²) in [5, 5.41) is 19.2. The third kappa shape index (κ3) is 15.0. The molecule has 24 nitrogen and oxygen atoms in total. The number of nitrogens with one attached hydrogen (secondary N) is 9. The topological polar surface area (TPSA) is 378 Å². The van der Waals surface area contributed by atoms with E-state index in [0.717, 1.165) is 15.8 Å². The molecule has 16 N–H and O–H groups in total. The maximum absolute atomic E-state index is 14.6. The number of guanidine groups is 1. The number of benzene rings is 2. The number of amides is 10. The Kier molecular flexibility index (Phi) is 19.7. The Labute approximate surface area is 425 Å². The fourth-order valence-electron chi connectivity index (χ4n) is 7.71. The van der Waals surface area contributed by atoms with Crippen molar-refractivity contribution in [2.45, 2.75) is 101 Å². The summed E-state index contributed by atoms with van der Waals surface area (Å²) in [5.41, 5.74) is 15.7. The number of thiol groups is 2. The van der Waals surface area contributed by atoms with Crippen LogP contribution in [0, 0.1) is 0 Å². The van der Waals surface area contributed by atoms with Gasteiger partial charge in [0.1, 0.15) is 41.8 Å². The minimum absolute atomic E-state index is 0.0390. The number of aliphatic imine (C=N–C) groups is 1. The quantitative estimate of drug-likeness (QED) is 0.01000. The first kappa shape index (κ1) is 55.5. The number of urea groups is 1. The van der Waals surface area contributed by atoms with Gasteiger partial charge in [0.15, 0.2) is 12.0 Å². The van der Waals surface area contributed by atoms with Crippen molar-refractivity contribution in [2.24, 2.45) is 16.5 Å². The van der Waals surface area contributed by atoms with Crippen molar-refractivity contribution >= 4 is 95.4 Å². The van der Waals surface area contributed by atoms with Crippen molar-refractivity contribution in [2.75, 3.05) is 18.1 Å². The molecule has 0 bridgehead atoms. The van der Waals surface area contributed by atoms with Gasteiger partial charge in [-0.2, -0.15) is 25.3 Å². The average Bonchev–Trinajstić information content (AvgIpc) is 4.06. The number of H-pyrrole nitrogens is 2. The van der Waals surface area contributed by atoms with E-state index >= 15 is 0 Å². The first-order valence-corrected chi connectivity index (χ1v) is 24.2. The number of carbonyl (C=O) groups is 9. The molecule has 10 amide bonds. The molecule has 386 valence electrons. The summed E-state index contributed by atoms with van der Waals surface area (Å²) < 4.78 is 0. The summed E-state index contributed by atoms with van der Waals surface area (Å²) in [5.74, 6) is -6.68. The third-order valence-corrected chi connectivity index (χ3v) is 12.4. The standard InChI is InChI=1S/C46H61N15O9S2/c1-24(54-42(68)35(22-72)61-43(69)46(2,3)60-45(61)70)37(63)56-33(18-27-20-50-23-53-27)41(67)57-31(16-25-10-5-4-6-11-25)39(65)55-30(14-9-15-51-44(48)49)38(64)58-32(40(66)59-34(21-71)36(47)62)17-26-19-52-29-13-8-7-12-28(26)29/h4-8,10-13,19-20,23-24,30-35,52,71-72H,9,14-18,21-22H2,1-3H3,(H2,47,62)(H,50,53)(H,54,68)(H,55,65)(H,56,63)(H,57,67)(H,58,64)(H,59,66)(H,60,70)(H4,48,49,51)/p+1. The Bertz CT molecular complexity index is 2630. The van der Waals surface area contributed by atoms with Gasteiger partial charge in [0.25, 0.3) is 5.91 Å². The first-order chi connectivity index (χ1) is 34.2. The number of fused-ring (bicyclic) bond motifs is 1. The molecule has 7 atom stereocenters. The van der Waals surface area contributed by atoms with E-state index in [2.05, 4.69) is 88.2 Å². The summed E-state index contributed by atoms with van der Waals surface area (Å²) in [4.78, 5) is 137. The highest BCUT2D eigenvalue weighted by molar-refractivity contribution is 7.80. The zero-order valence-electron chi connectivity index (χ0n) is 39.9. The Morgan fingerprint density at radius 1 is 0.736 bits per heavy atom. The highest BCUT2D eigenvalue weighted by Gasteiger charge is 2.49. The van der Waals surface area contributed by atoms with Gasteiger partial charge >= 0.3 is 11.9 Å². The normalized spacial score (nSPS) is 15.9. The molecular formula is C46H62N15O9S2+. The number of para-hydroxylation sites is 1. The molecule has 26 heteroatoms. The molecule has 0 radical (unpaired) electrons. The van der Waals surface area contributed by atoms with Crippen LogP contribution in [0.3, 0.4) is 0 Å². The van der Waals surface area contributed by atoms with Crippen LogP contribution in [0.2, 0.25) is 0 Å². The van der Waals surface area contributed by atoms with E-state index in [1.54, 1.807) is 36.5 Å². The average molecular weight is 1030 g/mol. The van der Waals surface area contributed by atoms with E-state index < -0.39 is 101 Å². The molecule has 2 aromatic heterocycles. The van der Waals surface area contributed by atoms with Crippen LogP contribution in [0.1, 0.15) is 50.4 Å². The number of imide groups is 1. The summed E-state index contributed by atoms with van der Waals surface area (Å²) in [6.45, 7) is 4.35. The molecule has 4 aromatic rings. The number of hydrogen-bond donors (Lipinski definition) is 14. The van der Waals surface area contributed by atoms with E-state index in [0.29, 0.717) is 16.8 Å². The predicted octanol–water partition coefficient (Wildman–Crippen LogP) is -2.77. The van der Waals surface area contributed by atoms with Crippen LogP contribution >= 0.6 is 25.3 Å². The minimum atomic E-state index is -1.40. The summed E-state index contributed by atoms with van der Waals surface area (Å²) >= 11 is 8.37. The van der Waals surface area contributed by atoms with Crippen molar-refractivity contribution < 1.29 is 48.9 Å². The molecule has 0 spiro atoms. The lowest BCUT2D eigenvalue weighted by Gasteiger charge is -2.28. The lowest BCUT2D eigenvalue weighted by molar-refractivity contribution is -0.307. The molecule has 1 aliphatic heterocycles. The predicted molar refractivity (Wildman–Crippen MR) is 270 cm³/mol. The Morgan fingerprint density at radius 2 is 1.32 bits per heavy atom. The van der Waals surface area contributed by atoms with E-state index in [1.807, 2.05) is 24.3 Å². The molecule has 1 saturated heterocycles. The van der Waals surface area contributed by atoms with Gasteiger partial charge in [-0.25, -0.2) is 19.5 Å². The van der Waals surface area contributed by atoms with Crippen LogP contribution in [0.25, 0.3) is 10.9 Å². The Morgan fingerprint density at radius 3 is 1.90 bits per heavy atom. The fraction of sp³-hybridized carbons (Fsp3) is 0.413. The molecule has 3 heterocycles. The van der Waals surface area contributed by atoms with E-state index in [9.17, 15) is 43.2 Å². The molecular weight excluding hydrogens is 971 g/mol. The molecule has 0 aliphatic carbocycles. The van der Waals surface area contributed by atoms with Gasteiger partial charge in [-0.1, -0.05) is 48.5 Å². The second kappa shape index (κ2) is 25.6. The van der Waals surface area contributed by atoms with Gasteiger partial charge in [0.2, 0.25) is 35.4 Å². The van der Waals surface area contributed by atoms with Crippen molar-refractivity contribution in [1.82, 2.24) is 57.1 Å². The molecule has 1 fully saturated rings. The molecule has 72 heavy (non-hydrogen) atoms. The second-order valence-corrected chi connectivity index (χ2v) is 18.3. The number of aromatic nitrogens is 3. The number of aromatic amines is 2. The number of nitrogens with two attached hydrogens (primary N) is 2. The van der Waals surface area contributed by atoms with Crippen molar-refractivity contribution in [1.29, 1.82) is 0 Å². The smallest absolute Gasteiger partial charge is 0.332 e. The van der Waals surface area contributed by atoms with Gasteiger partial charge in [-0.3, -0.25) is 44.3 Å². The summed E-state index contributed by atoms with van der Waals surface area (Å²) in [6.07, 6.45) is 4.30. The van der Waals surface area contributed by atoms with Gasteiger partial charge < -0.3 is 58.7 Å². The first-order valence-electron chi connectivity index (χ1n) is 22.9. The van der Waals surface area contributed by atoms with Crippen molar-refractivity contribution in [3.63, 3.8) is 0 Å². The van der Waals surface area contributed by atoms with Crippen LogP contribution in [-0.2, 0) is 57.6 Å². The number of imidazole rings is 1. The Hall–Kier alpha value is -7.45. The zero-order valence-corrected chi connectivity index (χ0v) is 41.7. The van der Waals surface area contributed by atoms with Crippen LogP contribution in [0.4, 0.5) is 4.79 Å². The van der Waals surface area contributed by atoms with E-state index in [4.69, 9.17) is 11.5 Å². The van der Waals surface area contributed by atoms with E-state index in [-0.39, 0.29) is 56.1 Å². The fourth-order valence-corrected chi connectivity index (χ4v) is 8.34. The summed E-state index contributed by atoms with van der Waals surface area (Å²) in [7, 11) is 0. The van der Waals surface area contributed by atoms with Crippen molar-refractivity contribution in [3.05, 3.63) is 90.1 Å². The van der Waals surface area contributed by atoms with E-state index in [1.165, 1.54) is 33.3 Å². The Balaban J connectivity index is 1.40. The van der Waals surface area contributed by atoms with Gasteiger partial charge in [0.05, 0.1) is 6.33 Å². The number of carbonyl (C=O) groups excluding carboxylic acids is 9. The zero-order chi connectivity index (χ0) is 52.7. The highest BCUT2D eigenvalue weighted by Crippen LogP contribution is 2.21. The van der Waals surface area contributed by atoms with Gasteiger partial charge in [0, 0.05) is 66.3 Å².